The zero-order chi connectivity index (χ0) is 16.2. The fourth-order valence-electron chi connectivity index (χ4n) is 1.42. The van der Waals surface area contributed by atoms with Crippen molar-refractivity contribution in [1.82, 2.24) is 9.88 Å². The highest BCUT2D eigenvalue weighted by atomic mass is 35.5. The molecule has 0 fully saturated rings. The number of anilines is 1. The van der Waals surface area contributed by atoms with Gasteiger partial charge in [-0.2, -0.15) is 13.2 Å². The number of nitrogens with zero attached hydrogens (tertiary/aromatic N) is 2. The van der Waals surface area contributed by atoms with Crippen molar-refractivity contribution in [2.24, 2.45) is 0 Å². The summed E-state index contributed by atoms with van der Waals surface area (Å²) in [6.45, 7) is 0.723. The zero-order valence-electron chi connectivity index (χ0n) is 11.4. The maximum Gasteiger partial charge on any atom is 0.415 e. The Morgan fingerprint density at radius 2 is 2.14 bits per heavy atom. The fourth-order valence-corrected chi connectivity index (χ4v) is 1.53. The van der Waals surface area contributed by atoms with Crippen molar-refractivity contribution in [3.8, 4) is 0 Å². The molecule has 21 heavy (non-hydrogen) atoms. The van der Waals surface area contributed by atoms with Crippen LogP contribution in [0, 0.1) is 0 Å². The first-order valence-electron chi connectivity index (χ1n) is 5.98. The minimum absolute atomic E-state index is 0.237. The highest BCUT2D eigenvalue weighted by molar-refractivity contribution is 6.30. The van der Waals surface area contributed by atoms with E-state index in [1.54, 1.807) is 0 Å². The molecule has 0 spiro atoms. The summed E-state index contributed by atoms with van der Waals surface area (Å²) in [6, 6.07) is 2.11. The Morgan fingerprint density at radius 1 is 1.52 bits per heavy atom. The van der Waals surface area contributed by atoms with Gasteiger partial charge >= 0.3 is 6.18 Å². The van der Waals surface area contributed by atoms with E-state index in [2.05, 4.69) is 10.3 Å². The number of nitrogens with one attached hydrogen (secondary N) is 1. The largest absolute Gasteiger partial charge is 0.415 e. The molecule has 2 atom stereocenters. The van der Waals surface area contributed by atoms with E-state index < -0.39 is 30.8 Å². The summed E-state index contributed by atoms with van der Waals surface area (Å²) >= 11 is 5.64. The average Bonchev–Trinajstić information content (AvgIpc) is 2.39. The van der Waals surface area contributed by atoms with Crippen LogP contribution < -0.4 is 5.32 Å². The smallest absolute Gasteiger partial charge is 0.382 e. The SMILES string of the molecule is CC(C(=O)Nc1ccc(Cl)cn1)N(C)CC(O)C(F)(F)F. The summed E-state index contributed by atoms with van der Waals surface area (Å²) < 4.78 is 36.8. The molecule has 1 aromatic heterocycles. The number of aromatic nitrogens is 1. The third kappa shape index (κ3) is 5.49. The van der Waals surface area contributed by atoms with Crippen molar-refractivity contribution in [1.29, 1.82) is 0 Å². The van der Waals surface area contributed by atoms with Gasteiger partial charge in [-0.1, -0.05) is 11.6 Å². The summed E-state index contributed by atoms with van der Waals surface area (Å²) in [4.78, 5) is 16.8. The molecule has 0 aliphatic rings. The number of carbonyl (C=O) groups excluding carboxylic acids is 1. The van der Waals surface area contributed by atoms with Gasteiger partial charge in [0, 0.05) is 12.7 Å². The van der Waals surface area contributed by atoms with Crippen molar-refractivity contribution < 1.29 is 23.1 Å². The molecule has 9 heteroatoms. The van der Waals surface area contributed by atoms with E-state index in [0.717, 1.165) is 4.90 Å². The maximum atomic E-state index is 12.3. The third-order valence-corrected chi connectivity index (χ3v) is 3.08. The Labute approximate surface area is 124 Å². The molecule has 0 aliphatic heterocycles. The molecule has 0 saturated heterocycles. The Balaban J connectivity index is 2.59. The van der Waals surface area contributed by atoms with E-state index in [9.17, 15) is 18.0 Å². The summed E-state index contributed by atoms with van der Waals surface area (Å²) in [5.74, 6) is -0.303. The second-order valence-electron chi connectivity index (χ2n) is 4.52. The van der Waals surface area contributed by atoms with Gasteiger partial charge in [0.15, 0.2) is 6.10 Å². The Kier molecular flexibility index (Phi) is 5.94. The van der Waals surface area contributed by atoms with Crippen LogP contribution >= 0.6 is 11.6 Å². The number of likely N-dealkylation sites (N-methyl/N-ethyl adjacent to an activating group) is 1. The monoisotopic (exact) mass is 325 g/mol. The van der Waals surface area contributed by atoms with Crippen LogP contribution in [-0.4, -0.2) is 52.8 Å². The Hall–Kier alpha value is -1.38. The van der Waals surface area contributed by atoms with Crippen LogP contribution in [0.1, 0.15) is 6.92 Å². The van der Waals surface area contributed by atoms with Crippen LogP contribution in [0.15, 0.2) is 18.3 Å². The van der Waals surface area contributed by atoms with Crippen LogP contribution in [0.5, 0.6) is 0 Å². The van der Waals surface area contributed by atoms with E-state index in [1.807, 2.05) is 0 Å². The molecular formula is C12H15ClF3N3O2. The molecule has 0 saturated carbocycles. The molecule has 0 radical (unpaired) electrons. The second kappa shape index (κ2) is 7.06. The van der Waals surface area contributed by atoms with Crippen molar-refractivity contribution in [2.75, 3.05) is 18.9 Å². The predicted octanol–water partition coefficient (Wildman–Crippen LogP) is 1.92. The quantitative estimate of drug-likeness (QED) is 0.868. The first-order valence-corrected chi connectivity index (χ1v) is 6.36. The molecule has 2 N–H and O–H groups in total. The molecular weight excluding hydrogens is 311 g/mol. The number of amides is 1. The number of hydrogen-bond donors (Lipinski definition) is 2. The number of pyridine rings is 1. The lowest BCUT2D eigenvalue weighted by Crippen LogP contribution is -2.46. The standard InChI is InChI=1S/C12H15ClF3N3O2/c1-7(19(2)6-9(20)12(14,15)16)11(21)18-10-4-3-8(13)5-17-10/h3-5,7,9,20H,6H2,1-2H3,(H,17,18,21). The summed E-state index contributed by atoms with van der Waals surface area (Å²) in [5, 5.41) is 11.8. The topological polar surface area (TPSA) is 65.5 Å². The average molecular weight is 326 g/mol. The molecule has 1 heterocycles. The van der Waals surface area contributed by atoms with Crippen LogP contribution in [0.2, 0.25) is 5.02 Å². The van der Waals surface area contributed by atoms with Gasteiger partial charge in [0.25, 0.3) is 0 Å². The zero-order valence-corrected chi connectivity index (χ0v) is 12.1. The van der Waals surface area contributed by atoms with Crippen LogP contribution in [0.25, 0.3) is 0 Å². The Bertz CT molecular complexity index is 482. The molecule has 1 rings (SSSR count). The van der Waals surface area contributed by atoms with E-state index in [4.69, 9.17) is 16.7 Å². The van der Waals surface area contributed by atoms with E-state index in [1.165, 1.54) is 32.3 Å². The molecule has 0 aliphatic carbocycles. The molecule has 0 bridgehead atoms. The number of aliphatic hydroxyl groups is 1. The third-order valence-electron chi connectivity index (χ3n) is 2.86. The van der Waals surface area contributed by atoms with Gasteiger partial charge in [0.1, 0.15) is 5.82 Å². The number of hydrogen-bond acceptors (Lipinski definition) is 4. The van der Waals surface area contributed by atoms with Gasteiger partial charge in [0.05, 0.1) is 11.1 Å². The minimum Gasteiger partial charge on any atom is -0.382 e. The van der Waals surface area contributed by atoms with Gasteiger partial charge in [-0.25, -0.2) is 4.98 Å². The maximum absolute atomic E-state index is 12.3. The molecule has 118 valence electrons. The van der Waals surface area contributed by atoms with Crippen molar-refractivity contribution >= 4 is 23.3 Å². The molecule has 1 amide bonds. The summed E-state index contributed by atoms with van der Waals surface area (Å²) in [5.41, 5.74) is 0. The Morgan fingerprint density at radius 3 is 2.62 bits per heavy atom. The molecule has 5 nitrogen and oxygen atoms in total. The van der Waals surface area contributed by atoms with Gasteiger partial charge in [0.2, 0.25) is 5.91 Å². The fraction of sp³-hybridized carbons (Fsp3) is 0.500. The predicted molar refractivity (Wildman–Crippen MR) is 72.0 cm³/mol. The number of rotatable bonds is 5. The summed E-state index contributed by atoms with van der Waals surface area (Å²) in [7, 11) is 1.31. The highest BCUT2D eigenvalue weighted by Crippen LogP contribution is 2.21. The molecule has 2 unspecified atom stereocenters. The lowest BCUT2D eigenvalue weighted by atomic mass is 10.2. The lowest BCUT2D eigenvalue weighted by molar-refractivity contribution is -0.208. The van der Waals surface area contributed by atoms with Crippen molar-refractivity contribution in [3.63, 3.8) is 0 Å². The van der Waals surface area contributed by atoms with Gasteiger partial charge in [-0.05, 0) is 26.1 Å². The minimum atomic E-state index is -4.72. The van der Waals surface area contributed by atoms with Gasteiger partial charge < -0.3 is 10.4 Å². The number of carbonyl (C=O) groups is 1. The molecule has 1 aromatic rings. The van der Waals surface area contributed by atoms with Crippen LogP contribution in [0.4, 0.5) is 19.0 Å². The molecule has 0 aromatic carbocycles. The normalized spacial score (nSPS) is 14.9. The van der Waals surface area contributed by atoms with E-state index >= 15 is 0 Å². The summed E-state index contributed by atoms with van der Waals surface area (Å²) in [6.07, 6.45) is -5.90. The number of halogens is 4. The van der Waals surface area contributed by atoms with Crippen LogP contribution in [-0.2, 0) is 4.79 Å². The number of aliphatic hydroxyl groups excluding tert-OH is 1. The van der Waals surface area contributed by atoms with Gasteiger partial charge in [-0.3, -0.25) is 9.69 Å². The van der Waals surface area contributed by atoms with E-state index in [0.29, 0.717) is 5.02 Å². The highest BCUT2D eigenvalue weighted by Gasteiger charge is 2.39. The van der Waals surface area contributed by atoms with E-state index in [-0.39, 0.29) is 5.82 Å². The number of alkyl halides is 3. The van der Waals surface area contributed by atoms with Crippen molar-refractivity contribution in [2.45, 2.75) is 25.2 Å². The lowest BCUT2D eigenvalue weighted by Gasteiger charge is -2.26. The second-order valence-corrected chi connectivity index (χ2v) is 4.96. The first-order chi connectivity index (χ1) is 9.61. The first kappa shape index (κ1) is 17.7. The van der Waals surface area contributed by atoms with Crippen LogP contribution in [0.3, 0.4) is 0 Å². The van der Waals surface area contributed by atoms with Gasteiger partial charge in [-0.15, -0.1) is 0 Å². The van der Waals surface area contributed by atoms with Crippen molar-refractivity contribution in [3.05, 3.63) is 23.4 Å².